The smallest absolute Gasteiger partial charge is 0.128 e. The van der Waals surface area contributed by atoms with Gasteiger partial charge in [0.05, 0.1) is 0 Å². The molecule has 0 spiro atoms. The highest BCUT2D eigenvalue weighted by Crippen LogP contribution is 2.15. The summed E-state index contributed by atoms with van der Waals surface area (Å²) in [5.74, 6) is 1.89. The molecule has 88 valence electrons. The predicted octanol–water partition coefficient (Wildman–Crippen LogP) is 1.63. The molecule has 0 radical (unpaired) electrons. The Kier molecular flexibility index (Phi) is 3.62. The first-order valence-corrected chi connectivity index (χ1v) is 5.88. The van der Waals surface area contributed by atoms with Crippen molar-refractivity contribution in [2.45, 2.75) is 18.9 Å². The van der Waals surface area contributed by atoms with Gasteiger partial charge in [-0.1, -0.05) is 6.07 Å². The third-order valence-corrected chi connectivity index (χ3v) is 3.08. The number of nitrogens with one attached hydrogen (secondary N) is 2. The summed E-state index contributed by atoms with van der Waals surface area (Å²) in [6.45, 7) is 2.34. The van der Waals surface area contributed by atoms with Crippen molar-refractivity contribution in [1.29, 1.82) is 0 Å². The van der Waals surface area contributed by atoms with E-state index in [2.05, 4.69) is 27.6 Å². The lowest BCUT2D eigenvalue weighted by molar-refractivity contribution is 0.263. The molecule has 1 saturated heterocycles. The zero-order valence-electron chi connectivity index (χ0n) is 10.0. The van der Waals surface area contributed by atoms with Crippen LogP contribution in [0.4, 0.5) is 11.6 Å². The van der Waals surface area contributed by atoms with E-state index in [1.54, 1.807) is 0 Å². The van der Waals surface area contributed by atoms with Gasteiger partial charge in [-0.3, -0.25) is 0 Å². The zero-order chi connectivity index (χ0) is 11.4. The molecule has 0 aliphatic carbocycles. The van der Waals surface area contributed by atoms with Crippen molar-refractivity contribution in [2.75, 3.05) is 37.8 Å². The molecule has 2 N–H and O–H groups in total. The highest BCUT2D eigenvalue weighted by atomic mass is 15.1. The minimum absolute atomic E-state index is 0.566. The first kappa shape index (κ1) is 11.2. The van der Waals surface area contributed by atoms with Gasteiger partial charge in [0.25, 0.3) is 0 Å². The fourth-order valence-corrected chi connectivity index (χ4v) is 2.02. The van der Waals surface area contributed by atoms with Crippen LogP contribution in [0.1, 0.15) is 12.8 Å². The Balaban J connectivity index is 1.93. The Morgan fingerprint density at radius 1 is 1.25 bits per heavy atom. The second kappa shape index (κ2) is 5.16. The van der Waals surface area contributed by atoms with Crippen molar-refractivity contribution < 1.29 is 0 Å². The van der Waals surface area contributed by atoms with E-state index in [1.165, 1.54) is 25.9 Å². The first-order valence-electron chi connectivity index (χ1n) is 5.88. The number of anilines is 2. The van der Waals surface area contributed by atoms with Crippen molar-refractivity contribution in [2.24, 2.45) is 0 Å². The second-order valence-corrected chi connectivity index (χ2v) is 4.38. The van der Waals surface area contributed by atoms with Gasteiger partial charge in [0.2, 0.25) is 0 Å². The lowest BCUT2D eigenvalue weighted by Gasteiger charge is -2.29. The van der Waals surface area contributed by atoms with Crippen molar-refractivity contribution in [3.05, 3.63) is 18.2 Å². The molecule has 1 aliphatic heterocycles. The number of hydrogen-bond acceptors (Lipinski definition) is 4. The Morgan fingerprint density at radius 2 is 1.94 bits per heavy atom. The molecule has 0 bridgehead atoms. The van der Waals surface area contributed by atoms with Crippen molar-refractivity contribution in [1.82, 2.24) is 9.88 Å². The minimum atomic E-state index is 0.566. The Bertz CT molecular complexity index is 332. The quantitative estimate of drug-likeness (QED) is 0.812. The summed E-state index contributed by atoms with van der Waals surface area (Å²) in [6, 6.07) is 6.59. The molecule has 1 fully saturated rings. The topological polar surface area (TPSA) is 40.2 Å². The number of aromatic nitrogens is 1. The molecule has 2 heterocycles. The van der Waals surface area contributed by atoms with Gasteiger partial charge in [0.15, 0.2) is 0 Å². The number of rotatable bonds is 3. The lowest BCUT2D eigenvalue weighted by atomic mass is 10.1. The normalized spacial score (nSPS) is 18.4. The molecule has 16 heavy (non-hydrogen) atoms. The zero-order valence-corrected chi connectivity index (χ0v) is 10.0. The maximum atomic E-state index is 4.47. The molecule has 1 aliphatic rings. The second-order valence-electron chi connectivity index (χ2n) is 4.38. The van der Waals surface area contributed by atoms with Crippen LogP contribution in [0.15, 0.2) is 18.2 Å². The lowest BCUT2D eigenvalue weighted by Crippen LogP contribution is -2.36. The molecule has 0 unspecified atom stereocenters. The molecule has 1 aromatic heterocycles. The van der Waals surface area contributed by atoms with E-state index in [9.17, 15) is 0 Å². The Hall–Kier alpha value is -1.29. The summed E-state index contributed by atoms with van der Waals surface area (Å²) >= 11 is 0. The van der Waals surface area contributed by atoms with Crippen molar-refractivity contribution in [3.8, 4) is 0 Å². The van der Waals surface area contributed by atoms with Gasteiger partial charge in [0, 0.05) is 13.1 Å². The van der Waals surface area contributed by atoms with Gasteiger partial charge in [-0.25, -0.2) is 4.98 Å². The van der Waals surface area contributed by atoms with E-state index < -0.39 is 0 Å². The van der Waals surface area contributed by atoms with E-state index in [1.807, 2.05) is 25.2 Å². The maximum absolute atomic E-state index is 4.47. The van der Waals surface area contributed by atoms with E-state index in [-0.39, 0.29) is 0 Å². The number of pyridine rings is 1. The van der Waals surface area contributed by atoms with Crippen LogP contribution < -0.4 is 10.6 Å². The highest BCUT2D eigenvalue weighted by Gasteiger charge is 2.16. The number of hydrogen-bond donors (Lipinski definition) is 2. The summed E-state index contributed by atoms with van der Waals surface area (Å²) in [5, 5.41) is 6.55. The van der Waals surface area contributed by atoms with E-state index in [0.717, 1.165) is 11.6 Å². The fourth-order valence-electron chi connectivity index (χ4n) is 2.02. The maximum Gasteiger partial charge on any atom is 0.128 e. The molecule has 0 atom stereocenters. The Morgan fingerprint density at radius 3 is 2.62 bits per heavy atom. The summed E-state index contributed by atoms with van der Waals surface area (Å²) in [6.07, 6.45) is 2.39. The molecule has 2 rings (SSSR count). The average Bonchev–Trinajstić information content (AvgIpc) is 2.32. The van der Waals surface area contributed by atoms with Crippen LogP contribution in [0.5, 0.6) is 0 Å². The van der Waals surface area contributed by atoms with Crippen LogP contribution in [-0.4, -0.2) is 43.1 Å². The van der Waals surface area contributed by atoms with Gasteiger partial charge >= 0.3 is 0 Å². The first-order chi connectivity index (χ1) is 7.78. The van der Waals surface area contributed by atoms with Gasteiger partial charge in [-0.15, -0.1) is 0 Å². The predicted molar refractivity (Wildman–Crippen MR) is 67.9 cm³/mol. The van der Waals surface area contributed by atoms with Crippen LogP contribution >= 0.6 is 0 Å². The third kappa shape index (κ3) is 2.85. The van der Waals surface area contributed by atoms with Gasteiger partial charge < -0.3 is 15.5 Å². The highest BCUT2D eigenvalue weighted by molar-refractivity contribution is 5.45. The summed E-state index contributed by atoms with van der Waals surface area (Å²) in [7, 11) is 4.07. The minimum Gasteiger partial charge on any atom is -0.373 e. The Labute approximate surface area is 97.1 Å². The van der Waals surface area contributed by atoms with Gasteiger partial charge in [-0.2, -0.15) is 0 Å². The fraction of sp³-hybridized carbons (Fsp3) is 0.583. The monoisotopic (exact) mass is 220 g/mol. The average molecular weight is 220 g/mol. The summed E-state index contributed by atoms with van der Waals surface area (Å²) in [5.41, 5.74) is 0. The molecule has 4 nitrogen and oxygen atoms in total. The van der Waals surface area contributed by atoms with Crippen LogP contribution in [0.2, 0.25) is 0 Å². The number of piperidine rings is 1. The van der Waals surface area contributed by atoms with Crippen LogP contribution in [-0.2, 0) is 0 Å². The van der Waals surface area contributed by atoms with E-state index >= 15 is 0 Å². The van der Waals surface area contributed by atoms with Gasteiger partial charge in [-0.05, 0) is 45.1 Å². The van der Waals surface area contributed by atoms with Crippen molar-refractivity contribution in [3.63, 3.8) is 0 Å². The van der Waals surface area contributed by atoms with Gasteiger partial charge in [0.1, 0.15) is 11.6 Å². The molecule has 0 saturated carbocycles. The molecule has 1 aromatic rings. The molecule has 4 heteroatoms. The van der Waals surface area contributed by atoms with Crippen molar-refractivity contribution >= 4 is 11.6 Å². The molecule has 0 amide bonds. The molecular weight excluding hydrogens is 200 g/mol. The number of nitrogens with zero attached hydrogens (tertiary/aromatic N) is 2. The number of likely N-dealkylation sites (tertiary alicyclic amines) is 1. The van der Waals surface area contributed by atoms with E-state index in [0.29, 0.717) is 6.04 Å². The van der Waals surface area contributed by atoms with E-state index in [4.69, 9.17) is 0 Å². The standard InChI is InChI=1S/C12H20N4/c1-13-11-4-3-5-12(15-11)14-10-6-8-16(2)9-7-10/h3-5,10H,6-9H2,1-2H3,(H2,13,14,15). The summed E-state index contributed by atoms with van der Waals surface area (Å²) < 4.78 is 0. The molecular formula is C12H20N4. The van der Waals surface area contributed by atoms with Crippen LogP contribution in [0, 0.1) is 0 Å². The largest absolute Gasteiger partial charge is 0.373 e. The summed E-state index contributed by atoms with van der Waals surface area (Å²) in [4.78, 5) is 6.84. The van der Waals surface area contributed by atoms with Crippen LogP contribution in [0.25, 0.3) is 0 Å². The third-order valence-electron chi connectivity index (χ3n) is 3.08. The van der Waals surface area contributed by atoms with Crippen LogP contribution in [0.3, 0.4) is 0 Å². The molecule has 0 aromatic carbocycles. The SMILES string of the molecule is CNc1cccc(NC2CCN(C)CC2)n1.